The molecule has 72 valence electrons. The topological polar surface area (TPSA) is 24.1 Å². The van der Waals surface area contributed by atoms with Crippen molar-refractivity contribution in [2.45, 2.75) is 13.5 Å². The summed E-state index contributed by atoms with van der Waals surface area (Å²) in [6.07, 6.45) is 2.08. The Labute approximate surface area is 83.4 Å². The number of aliphatic hydroxyl groups excluding tert-OH is 1. The predicted molar refractivity (Wildman–Crippen MR) is 56.0 cm³/mol. The van der Waals surface area contributed by atoms with Crippen LogP contribution >= 0.6 is 0 Å². The number of nitrogens with zero attached hydrogens (tertiary/aromatic N) is 1. The van der Waals surface area contributed by atoms with Gasteiger partial charge in [-0.2, -0.15) is 4.57 Å². The first-order valence-electron chi connectivity index (χ1n) is 4.81. The Bertz CT molecular complexity index is 451. The van der Waals surface area contributed by atoms with Gasteiger partial charge in [0.1, 0.15) is 6.61 Å². The van der Waals surface area contributed by atoms with Crippen molar-refractivity contribution in [1.82, 2.24) is 0 Å². The van der Waals surface area contributed by atoms with E-state index >= 15 is 0 Å². The van der Waals surface area contributed by atoms with E-state index in [2.05, 4.69) is 35.9 Å². The molecule has 1 heterocycles. The van der Waals surface area contributed by atoms with Gasteiger partial charge in [0.05, 0.1) is 0 Å². The normalized spacial score (nSPS) is 10.7. The number of hydrogen-bond donors (Lipinski definition) is 1. The Morgan fingerprint density at radius 1 is 1.21 bits per heavy atom. The highest BCUT2D eigenvalue weighted by atomic mass is 16.3. The molecule has 0 unspecified atom stereocenters. The fourth-order valence-electron chi connectivity index (χ4n) is 1.69. The van der Waals surface area contributed by atoms with Crippen LogP contribution in [0, 0.1) is 6.92 Å². The second-order valence-corrected chi connectivity index (χ2v) is 3.46. The lowest BCUT2D eigenvalue weighted by Gasteiger charge is -2.01. The van der Waals surface area contributed by atoms with Crippen LogP contribution in [0.15, 0.2) is 36.5 Å². The zero-order valence-electron chi connectivity index (χ0n) is 8.27. The van der Waals surface area contributed by atoms with E-state index in [1.807, 2.05) is 12.1 Å². The van der Waals surface area contributed by atoms with E-state index in [9.17, 15) is 0 Å². The van der Waals surface area contributed by atoms with Crippen LogP contribution in [0.1, 0.15) is 5.69 Å². The van der Waals surface area contributed by atoms with E-state index in [1.165, 1.54) is 16.5 Å². The van der Waals surface area contributed by atoms with Gasteiger partial charge >= 0.3 is 0 Å². The molecule has 2 aromatic rings. The summed E-state index contributed by atoms with van der Waals surface area (Å²) >= 11 is 0. The number of benzene rings is 1. The Hall–Kier alpha value is -1.41. The molecule has 2 nitrogen and oxygen atoms in total. The van der Waals surface area contributed by atoms with Crippen molar-refractivity contribution in [2.24, 2.45) is 0 Å². The van der Waals surface area contributed by atoms with Crippen LogP contribution in [-0.2, 0) is 6.54 Å². The number of fused-ring (bicyclic) bond motifs is 1. The highest BCUT2D eigenvalue weighted by Gasteiger charge is 2.06. The summed E-state index contributed by atoms with van der Waals surface area (Å²) in [5, 5.41) is 11.4. The number of aryl methyl sites for hydroxylation is 1. The predicted octanol–water partition coefficient (Wildman–Crippen LogP) is 1.43. The highest BCUT2D eigenvalue weighted by molar-refractivity contribution is 5.80. The molecule has 0 atom stereocenters. The SMILES string of the molecule is Cc1cc2ccccc2c[n+]1CCO. The largest absolute Gasteiger partial charge is 0.390 e. The molecule has 0 aliphatic carbocycles. The lowest BCUT2D eigenvalue weighted by atomic mass is 10.1. The minimum atomic E-state index is 0.184. The molecule has 0 aliphatic heterocycles. The van der Waals surface area contributed by atoms with Gasteiger partial charge in [-0.25, -0.2) is 0 Å². The lowest BCUT2D eigenvalue weighted by Crippen LogP contribution is -2.38. The molecule has 0 saturated heterocycles. The summed E-state index contributed by atoms with van der Waals surface area (Å²) in [7, 11) is 0. The molecule has 0 bridgehead atoms. The fraction of sp³-hybridized carbons (Fsp3) is 0.250. The van der Waals surface area contributed by atoms with Crippen molar-refractivity contribution in [2.75, 3.05) is 6.61 Å². The quantitative estimate of drug-likeness (QED) is 0.708. The van der Waals surface area contributed by atoms with Gasteiger partial charge in [-0.05, 0) is 11.5 Å². The smallest absolute Gasteiger partial charge is 0.178 e. The standard InChI is InChI=1S/C12H14NO/c1-10-8-11-4-2-3-5-12(11)9-13(10)6-7-14/h2-5,8-9,14H,6-7H2,1H3/q+1. The van der Waals surface area contributed by atoms with E-state index in [-0.39, 0.29) is 6.61 Å². The van der Waals surface area contributed by atoms with E-state index in [0.717, 1.165) is 0 Å². The number of aliphatic hydroxyl groups is 1. The molecular weight excluding hydrogens is 174 g/mol. The van der Waals surface area contributed by atoms with Crippen LogP contribution in [0.4, 0.5) is 0 Å². The molecule has 0 aliphatic rings. The summed E-state index contributed by atoms with van der Waals surface area (Å²) < 4.78 is 2.07. The van der Waals surface area contributed by atoms with Gasteiger partial charge in [0.2, 0.25) is 0 Å². The van der Waals surface area contributed by atoms with Crippen LogP contribution in [0.5, 0.6) is 0 Å². The Kier molecular flexibility index (Phi) is 2.46. The zero-order valence-corrected chi connectivity index (χ0v) is 8.27. The maximum absolute atomic E-state index is 8.90. The summed E-state index contributed by atoms with van der Waals surface area (Å²) in [5.74, 6) is 0. The van der Waals surface area contributed by atoms with Crippen molar-refractivity contribution in [3.63, 3.8) is 0 Å². The van der Waals surface area contributed by atoms with Crippen LogP contribution in [0.25, 0.3) is 10.8 Å². The minimum Gasteiger partial charge on any atom is -0.390 e. The third-order valence-corrected chi connectivity index (χ3v) is 2.45. The second kappa shape index (κ2) is 3.76. The van der Waals surface area contributed by atoms with Crippen LogP contribution in [-0.4, -0.2) is 11.7 Å². The monoisotopic (exact) mass is 188 g/mol. The van der Waals surface area contributed by atoms with Gasteiger partial charge in [-0.15, -0.1) is 0 Å². The summed E-state index contributed by atoms with van der Waals surface area (Å²) in [6.45, 7) is 2.91. The number of pyridine rings is 1. The van der Waals surface area contributed by atoms with Gasteiger partial charge in [-0.3, -0.25) is 0 Å². The van der Waals surface area contributed by atoms with Crippen LogP contribution in [0.2, 0.25) is 0 Å². The first kappa shape index (κ1) is 9.16. The number of hydrogen-bond acceptors (Lipinski definition) is 1. The van der Waals surface area contributed by atoms with Gasteiger partial charge in [0, 0.05) is 18.4 Å². The summed E-state index contributed by atoms with van der Waals surface area (Å²) in [6, 6.07) is 10.4. The van der Waals surface area contributed by atoms with Gasteiger partial charge in [-0.1, -0.05) is 18.2 Å². The molecular formula is C12H14NO+. The average molecular weight is 188 g/mol. The maximum atomic E-state index is 8.90. The molecule has 1 aromatic carbocycles. The van der Waals surface area contributed by atoms with Gasteiger partial charge in [0.25, 0.3) is 0 Å². The lowest BCUT2D eigenvalue weighted by molar-refractivity contribution is -0.702. The van der Waals surface area contributed by atoms with Gasteiger partial charge in [0.15, 0.2) is 18.4 Å². The third-order valence-electron chi connectivity index (χ3n) is 2.45. The molecule has 2 heteroatoms. The number of aromatic nitrogens is 1. The average Bonchev–Trinajstić information content (AvgIpc) is 2.19. The third kappa shape index (κ3) is 1.61. The summed E-state index contributed by atoms with van der Waals surface area (Å²) in [4.78, 5) is 0. The van der Waals surface area contributed by atoms with E-state index in [1.54, 1.807) is 0 Å². The molecule has 0 fully saturated rings. The van der Waals surface area contributed by atoms with Crippen molar-refractivity contribution < 1.29 is 9.67 Å². The second-order valence-electron chi connectivity index (χ2n) is 3.46. The minimum absolute atomic E-state index is 0.184. The molecule has 0 radical (unpaired) electrons. The van der Waals surface area contributed by atoms with E-state index in [4.69, 9.17) is 5.11 Å². The Balaban J connectivity index is 2.59. The van der Waals surface area contributed by atoms with Crippen molar-refractivity contribution in [3.05, 3.63) is 42.2 Å². The Morgan fingerprint density at radius 3 is 2.64 bits per heavy atom. The zero-order chi connectivity index (χ0) is 9.97. The first-order chi connectivity index (χ1) is 6.81. The number of rotatable bonds is 2. The van der Waals surface area contributed by atoms with Crippen molar-refractivity contribution in [1.29, 1.82) is 0 Å². The summed E-state index contributed by atoms with van der Waals surface area (Å²) in [5.41, 5.74) is 1.18. The molecule has 0 amide bonds. The van der Waals surface area contributed by atoms with Gasteiger partial charge < -0.3 is 5.11 Å². The van der Waals surface area contributed by atoms with Crippen LogP contribution in [0.3, 0.4) is 0 Å². The molecule has 0 spiro atoms. The molecule has 1 aromatic heterocycles. The van der Waals surface area contributed by atoms with E-state index in [0.29, 0.717) is 6.54 Å². The first-order valence-corrected chi connectivity index (χ1v) is 4.81. The highest BCUT2D eigenvalue weighted by Crippen LogP contribution is 2.11. The molecule has 2 rings (SSSR count). The van der Waals surface area contributed by atoms with Crippen molar-refractivity contribution in [3.8, 4) is 0 Å². The molecule has 0 saturated carbocycles. The maximum Gasteiger partial charge on any atom is 0.178 e. The van der Waals surface area contributed by atoms with Crippen molar-refractivity contribution >= 4 is 10.8 Å². The molecule has 14 heavy (non-hydrogen) atoms. The van der Waals surface area contributed by atoms with E-state index < -0.39 is 0 Å². The Morgan fingerprint density at radius 2 is 1.93 bits per heavy atom. The fourth-order valence-corrected chi connectivity index (χ4v) is 1.69. The molecule has 1 N–H and O–H groups in total. The van der Waals surface area contributed by atoms with Crippen LogP contribution < -0.4 is 4.57 Å².